The summed E-state index contributed by atoms with van der Waals surface area (Å²) in [5.41, 5.74) is -0.806. The van der Waals surface area contributed by atoms with Crippen molar-refractivity contribution < 1.29 is 23.7 Å². The number of allylic oxidation sites excluding steroid dienone is 1. The van der Waals surface area contributed by atoms with Crippen LogP contribution in [0.2, 0.25) is 0 Å². The van der Waals surface area contributed by atoms with Gasteiger partial charge < -0.3 is 19.3 Å². The monoisotopic (exact) mass is 370 g/mol. The second-order valence-electron chi connectivity index (χ2n) is 8.40. The zero-order valence-corrected chi connectivity index (χ0v) is 16.3. The fourth-order valence-corrected chi connectivity index (χ4v) is 4.93. The Balaban J connectivity index is 1.79. The number of rotatable bonds is 8. The van der Waals surface area contributed by atoms with Crippen LogP contribution < -0.4 is 0 Å². The van der Waals surface area contributed by atoms with Crippen LogP contribution in [0.15, 0.2) is 11.8 Å². The molecule has 4 nitrogen and oxygen atoms in total. The molecule has 1 N–H and O–H groups in total. The highest BCUT2D eigenvalue weighted by Gasteiger charge is 2.62. The van der Waals surface area contributed by atoms with Crippen LogP contribution in [0.5, 0.6) is 0 Å². The summed E-state index contributed by atoms with van der Waals surface area (Å²) >= 11 is 0. The van der Waals surface area contributed by atoms with E-state index in [0.717, 1.165) is 57.1 Å². The van der Waals surface area contributed by atoms with Crippen LogP contribution in [0.25, 0.3) is 0 Å². The molecule has 1 aliphatic carbocycles. The van der Waals surface area contributed by atoms with Crippen LogP contribution in [0.1, 0.15) is 84.5 Å². The third-order valence-electron chi connectivity index (χ3n) is 6.49. The van der Waals surface area contributed by atoms with Gasteiger partial charge in [-0.15, -0.1) is 0 Å². The Morgan fingerprint density at radius 2 is 2.19 bits per heavy atom. The Morgan fingerprint density at radius 3 is 2.92 bits per heavy atom. The molecule has 150 valence electrons. The van der Waals surface area contributed by atoms with E-state index in [1.165, 1.54) is 0 Å². The van der Waals surface area contributed by atoms with Gasteiger partial charge in [-0.05, 0) is 51.5 Å². The van der Waals surface area contributed by atoms with Gasteiger partial charge in [0.25, 0.3) is 0 Å². The van der Waals surface area contributed by atoms with Crippen molar-refractivity contribution in [3.63, 3.8) is 0 Å². The third-order valence-corrected chi connectivity index (χ3v) is 6.49. The van der Waals surface area contributed by atoms with Crippen LogP contribution in [-0.4, -0.2) is 36.1 Å². The molecule has 2 saturated heterocycles. The van der Waals surface area contributed by atoms with Crippen molar-refractivity contribution in [3.05, 3.63) is 11.8 Å². The average Bonchev–Trinajstić information content (AvgIpc) is 3.06. The molecule has 0 aromatic rings. The smallest absolute Gasteiger partial charge is 0.199 e. The lowest BCUT2D eigenvalue weighted by molar-refractivity contribution is -0.165. The van der Waals surface area contributed by atoms with Crippen LogP contribution in [0, 0.1) is 5.41 Å². The lowest BCUT2D eigenvalue weighted by Crippen LogP contribution is -2.41. The number of unbranched alkanes of at least 4 members (excludes halogenated alkanes) is 1. The van der Waals surface area contributed by atoms with Crippen LogP contribution in [0.4, 0.5) is 4.39 Å². The van der Waals surface area contributed by atoms with Crippen LogP contribution in [0.3, 0.4) is 0 Å². The summed E-state index contributed by atoms with van der Waals surface area (Å²) in [4.78, 5) is 0. The fraction of sp³-hybridized carbons (Fsp3) is 0.905. The second kappa shape index (κ2) is 8.57. The van der Waals surface area contributed by atoms with Crippen LogP contribution >= 0.6 is 0 Å². The van der Waals surface area contributed by atoms with Crippen molar-refractivity contribution in [1.29, 1.82) is 0 Å². The fourth-order valence-electron chi connectivity index (χ4n) is 4.93. The maximum atomic E-state index is 14.3. The van der Waals surface area contributed by atoms with Gasteiger partial charge in [-0.3, -0.25) is 0 Å². The lowest BCUT2D eigenvalue weighted by Gasteiger charge is -2.39. The Morgan fingerprint density at radius 1 is 1.35 bits per heavy atom. The molecule has 2 heterocycles. The molecular weight excluding hydrogens is 335 g/mol. The molecule has 3 fully saturated rings. The van der Waals surface area contributed by atoms with E-state index in [1.54, 1.807) is 0 Å². The minimum Gasteiger partial charge on any atom is -0.469 e. The molecule has 3 aliphatic rings. The molecule has 5 atom stereocenters. The molecule has 0 bridgehead atoms. The molecule has 3 rings (SSSR count). The van der Waals surface area contributed by atoms with Crippen molar-refractivity contribution in [2.45, 2.75) is 109 Å². The summed E-state index contributed by atoms with van der Waals surface area (Å²) in [6.45, 7) is 4.86. The van der Waals surface area contributed by atoms with E-state index in [9.17, 15) is 9.50 Å². The standard InChI is InChI=1S/C21H35FO4/c1-3-4-8-16(22)10-11-17(25-19-9-5-6-14-24-19)21-13-7-12-20(21,2)26-18(23)15-21/h11,16,18-19,23H,3-10,12-15H2,1-2H3/t16-,18?,19?,20-,21+/m1/s1. The zero-order chi connectivity index (χ0) is 18.6. The van der Waals surface area contributed by atoms with Gasteiger partial charge in [-0.25, -0.2) is 4.39 Å². The van der Waals surface area contributed by atoms with Crippen molar-refractivity contribution in [1.82, 2.24) is 0 Å². The van der Waals surface area contributed by atoms with Gasteiger partial charge in [0.15, 0.2) is 12.6 Å². The van der Waals surface area contributed by atoms with E-state index in [1.807, 2.05) is 6.08 Å². The Labute approximate surface area is 157 Å². The number of hydrogen-bond acceptors (Lipinski definition) is 4. The molecule has 0 aromatic carbocycles. The zero-order valence-electron chi connectivity index (χ0n) is 16.3. The number of aliphatic hydroxyl groups excluding tert-OH is 1. The molecule has 0 radical (unpaired) electrons. The number of halogens is 1. The average molecular weight is 371 g/mol. The first-order valence-corrected chi connectivity index (χ1v) is 10.5. The highest BCUT2D eigenvalue weighted by Crippen LogP contribution is 2.61. The number of alkyl halides is 1. The first-order chi connectivity index (χ1) is 12.5. The summed E-state index contributed by atoms with van der Waals surface area (Å²) in [5.74, 6) is 0.792. The maximum Gasteiger partial charge on any atom is 0.199 e. The number of aliphatic hydroxyl groups is 1. The van der Waals surface area contributed by atoms with E-state index in [2.05, 4.69) is 13.8 Å². The van der Waals surface area contributed by atoms with E-state index in [4.69, 9.17) is 14.2 Å². The van der Waals surface area contributed by atoms with Crippen molar-refractivity contribution >= 4 is 0 Å². The second-order valence-corrected chi connectivity index (χ2v) is 8.40. The van der Waals surface area contributed by atoms with Gasteiger partial charge in [-0.1, -0.05) is 19.8 Å². The Bertz CT molecular complexity index is 490. The Hall–Kier alpha value is -0.650. The molecule has 2 aliphatic heterocycles. The molecule has 26 heavy (non-hydrogen) atoms. The van der Waals surface area contributed by atoms with Crippen LogP contribution in [-0.2, 0) is 14.2 Å². The predicted molar refractivity (Wildman–Crippen MR) is 98.2 cm³/mol. The SMILES string of the molecule is CCCC[C@@H](F)CC=C(OC1CCCCO1)[C@@]12CCC[C@@]1(C)OC(O)C2. The molecule has 0 aromatic heterocycles. The van der Waals surface area contributed by atoms with Gasteiger partial charge >= 0.3 is 0 Å². The Kier molecular flexibility index (Phi) is 6.63. The normalized spacial score (nSPS) is 39.0. The molecule has 0 amide bonds. The van der Waals surface area contributed by atoms with E-state index in [0.29, 0.717) is 25.9 Å². The molecule has 0 spiro atoms. The van der Waals surface area contributed by atoms with E-state index in [-0.39, 0.29) is 11.7 Å². The quantitative estimate of drug-likeness (QED) is 0.611. The number of ether oxygens (including phenoxy) is 3. The third kappa shape index (κ3) is 4.10. The highest BCUT2D eigenvalue weighted by molar-refractivity contribution is 5.22. The van der Waals surface area contributed by atoms with Gasteiger partial charge in [0, 0.05) is 19.3 Å². The molecule has 1 saturated carbocycles. The van der Waals surface area contributed by atoms with Gasteiger partial charge in [0.2, 0.25) is 0 Å². The van der Waals surface area contributed by atoms with Gasteiger partial charge in [0.05, 0.1) is 17.6 Å². The molecular formula is C21H35FO4. The highest BCUT2D eigenvalue weighted by atomic mass is 19.1. The number of hydrogen-bond donors (Lipinski definition) is 1. The summed E-state index contributed by atoms with van der Waals surface area (Å²) < 4.78 is 32.3. The lowest BCUT2D eigenvalue weighted by atomic mass is 9.72. The summed E-state index contributed by atoms with van der Waals surface area (Å²) in [6.07, 6.45) is 9.27. The van der Waals surface area contributed by atoms with Crippen molar-refractivity contribution in [2.24, 2.45) is 5.41 Å². The summed E-state index contributed by atoms with van der Waals surface area (Å²) in [7, 11) is 0. The minimum atomic E-state index is -0.850. The molecule has 5 heteroatoms. The topological polar surface area (TPSA) is 47.9 Å². The maximum absolute atomic E-state index is 14.3. The first-order valence-electron chi connectivity index (χ1n) is 10.5. The minimum absolute atomic E-state index is 0.263. The largest absolute Gasteiger partial charge is 0.469 e. The van der Waals surface area contributed by atoms with E-state index >= 15 is 0 Å². The van der Waals surface area contributed by atoms with E-state index < -0.39 is 18.1 Å². The van der Waals surface area contributed by atoms with Crippen molar-refractivity contribution in [2.75, 3.05) is 6.61 Å². The molecule has 2 unspecified atom stereocenters. The number of fused-ring (bicyclic) bond motifs is 1. The van der Waals surface area contributed by atoms with Gasteiger partial charge in [-0.2, -0.15) is 0 Å². The van der Waals surface area contributed by atoms with Crippen molar-refractivity contribution in [3.8, 4) is 0 Å². The predicted octanol–water partition coefficient (Wildman–Crippen LogP) is 5.00. The first kappa shape index (κ1) is 20.1. The summed E-state index contributed by atoms with van der Waals surface area (Å²) in [5, 5.41) is 10.2. The van der Waals surface area contributed by atoms with Gasteiger partial charge in [0.1, 0.15) is 11.9 Å². The summed E-state index contributed by atoms with van der Waals surface area (Å²) in [6, 6.07) is 0.